The summed E-state index contributed by atoms with van der Waals surface area (Å²) in [5.74, 6) is -0.845. The summed E-state index contributed by atoms with van der Waals surface area (Å²) in [7, 11) is 0. The van der Waals surface area contributed by atoms with E-state index in [-0.39, 0.29) is 0 Å². The van der Waals surface area contributed by atoms with E-state index < -0.39 is 35.2 Å². The molecular weight excluding hydrogens is 332 g/mol. The topological polar surface area (TPSA) is 105 Å². The van der Waals surface area contributed by atoms with E-state index in [2.05, 4.69) is 0 Å². The fourth-order valence-corrected chi connectivity index (χ4v) is 2.24. The second-order valence-corrected chi connectivity index (χ2v) is 8.50. The Kier molecular flexibility index (Phi) is 7.35. The maximum atomic E-state index is 11.9. The van der Waals surface area contributed by atoms with Gasteiger partial charge in [-0.3, -0.25) is 9.59 Å². The molecule has 4 N–H and O–H groups in total. The zero-order valence-corrected chi connectivity index (χ0v) is 16.7. The summed E-state index contributed by atoms with van der Waals surface area (Å²) < 4.78 is 10.6. The van der Waals surface area contributed by atoms with Crippen LogP contribution >= 0.6 is 0 Å². The zero-order chi connectivity index (χ0) is 20.1. The lowest BCUT2D eigenvalue weighted by Gasteiger charge is -2.22. The molecule has 0 amide bonds. The smallest absolute Gasteiger partial charge is 0.323 e. The molecule has 0 aliphatic rings. The monoisotopic (exact) mass is 364 g/mol. The Morgan fingerprint density at radius 2 is 1.04 bits per heavy atom. The fourth-order valence-electron chi connectivity index (χ4n) is 2.24. The van der Waals surface area contributed by atoms with Gasteiger partial charge in [-0.1, -0.05) is 24.3 Å². The average Bonchev–Trinajstić information content (AvgIpc) is 2.45. The Morgan fingerprint density at radius 1 is 0.769 bits per heavy atom. The van der Waals surface area contributed by atoms with Crippen molar-refractivity contribution in [3.8, 4) is 0 Å². The molecule has 0 aliphatic heterocycles. The first kappa shape index (κ1) is 22.1. The minimum atomic E-state index is -0.718. The minimum Gasteiger partial charge on any atom is -0.459 e. The van der Waals surface area contributed by atoms with Crippen molar-refractivity contribution in [2.24, 2.45) is 11.5 Å². The number of rotatable bonds is 6. The van der Waals surface area contributed by atoms with Gasteiger partial charge in [-0.2, -0.15) is 0 Å². The van der Waals surface area contributed by atoms with Crippen LogP contribution in [0.4, 0.5) is 0 Å². The molecular formula is C20H32N2O4. The van der Waals surface area contributed by atoms with Crippen molar-refractivity contribution in [1.82, 2.24) is 0 Å². The van der Waals surface area contributed by atoms with Crippen LogP contribution < -0.4 is 11.5 Å². The van der Waals surface area contributed by atoms with Crippen LogP contribution in [-0.2, 0) is 31.9 Å². The number of hydrogen-bond acceptors (Lipinski definition) is 6. The Hall–Kier alpha value is -1.92. The highest BCUT2D eigenvalue weighted by atomic mass is 16.6. The van der Waals surface area contributed by atoms with Crippen LogP contribution in [-0.4, -0.2) is 35.2 Å². The summed E-state index contributed by atoms with van der Waals surface area (Å²) in [6, 6.07) is 6.07. The molecule has 1 rings (SSSR count). The molecule has 0 fully saturated rings. The largest absolute Gasteiger partial charge is 0.459 e. The second-order valence-electron chi connectivity index (χ2n) is 8.50. The third-order valence-electron chi connectivity index (χ3n) is 3.35. The third kappa shape index (κ3) is 8.45. The van der Waals surface area contributed by atoms with Crippen molar-refractivity contribution >= 4 is 11.9 Å². The molecule has 1 aromatic carbocycles. The van der Waals surface area contributed by atoms with Crippen LogP contribution in [0.25, 0.3) is 0 Å². The van der Waals surface area contributed by atoms with Crippen molar-refractivity contribution < 1.29 is 19.1 Å². The van der Waals surface area contributed by atoms with Crippen molar-refractivity contribution in [1.29, 1.82) is 0 Å². The first-order valence-electron chi connectivity index (χ1n) is 8.81. The fraction of sp³-hybridized carbons (Fsp3) is 0.600. The maximum Gasteiger partial charge on any atom is 0.323 e. The summed E-state index contributed by atoms with van der Waals surface area (Å²) in [5.41, 5.74) is 12.5. The third-order valence-corrected chi connectivity index (χ3v) is 3.35. The molecule has 6 heteroatoms. The van der Waals surface area contributed by atoms with Gasteiger partial charge in [0.1, 0.15) is 23.3 Å². The van der Waals surface area contributed by atoms with E-state index >= 15 is 0 Å². The van der Waals surface area contributed by atoms with Crippen LogP contribution in [0.2, 0.25) is 0 Å². The van der Waals surface area contributed by atoms with E-state index in [9.17, 15) is 9.59 Å². The molecule has 26 heavy (non-hydrogen) atoms. The van der Waals surface area contributed by atoms with Gasteiger partial charge >= 0.3 is 11.9 Å². The lowest BCUT2D eigenvalue weighted by Crippen LogP contribution is -2.39. The van der Waals surface area contributed by atoms with Crippen LogP contribution in [0.3, 0.4) is 0 Å². The minimum absolute atomic E-state index is 0.382. The van der Waals surface area contributed by atoms with Gasteiger partial charge in [-0.05, 0) is 65.5 Å². The molecule has 0 bridgehead atoms. The molecule has 0 unspecified atom stereocenters. The summed E-state index contributed by atoms with van der Waals surface area (Å²) in [6.45, 7) is 10.8. The van der Waals surface area contributed by atoms with Crippen molar-refractivity contribution in [3.05, 3.63) is 35.4 Å². The van der Waals surface area contributed by atoms with Gasteiger partial charge in [-0.25, -0.2) is 0 Å². The molecule has 0 radical (unpaired) electrons. The van der Waals surface area contributed by atoms with E-state index in [1.165, 1.54) is 0 Å². The molecule has 1 aromatic rings. The highest BCUT2D eigenvalue weighted by Gasteiger charge is 2.23. The van der Waals surface area contributed by atoms with Crippen LogP contribution in [0.1, 0.15) is 52.7 Å². The molecule has 0 aliphatic carbocycles. The number of nitrogens with two attached hydrogens (primary N) is 2. The summed E-state index contributed by atoms with van der Waals surface area (Å²) in [4.78, 5) is 23.9. The first-order valence-corrected chi connectivity index (χ1v) is 8.81. The van der Waals surface area contributed by atoms with Crippen LogP contribution in [0, 0.1) is 0 Å². The molecule has 0 heterocycles. The Bertz CT molecular complexity index is 557. The van der Waals surface area contributed by atoms with Gasteiger partial charge in [0.25, 0.3) is 0 Å². The molecule has 0 aromatic heterocycles. The predicted octanol–water partition coefficient (Wildman–Crippen LogP) is 2.11. The Labute approximate surface area is 156 Å². The van der Waals surface area contributed by atoms with Gasteiger partial charge in [-0.15, -0.1) is 0 Å². The van der Waals surface area contributed by atoms with Crippen molar-refractivity contribution in [3.63, 3.8) is 0 Å². The SMILES string of the molecule is CC(C)(C)OC(=O)[C@@H](N)Cc1ccc(C[C@H](N)C(=O)OC(C)(C)C)cc1. The zero-order valence-electron chi connectivity index (χ0n) is 16.7. The number of carbonyl (C=O) groups excluding carboxylic acids is 2. The van der Waals surface area contributed by atoms with E-state index in [4.69, 9.17) is 20.9 Å². The summed E-state index contributed by atoms with van der Waals surface area (Å²) in [6.07, 6.45) is 0.765. The average molecular weight is 364 g/mol. The number of benzene rings is 1. The molecule has 2 atom stereocenters. The van der Waals surface area contributed by atoms with E-state index in [1.807, 2.05) is 24.3 Å². The van der Waals surface area contributed by atoms with Crippen molar-refractivity contribution in [2.45, 2.75) is 77.7 Å². The lowest BCUT2D eigenvalue weighted by molar-refractivity contribution is -0.157. The van der Waals surface area contributed by atoms with Crippen molar-refractivity contribution in [2.75, 3.05) is 0 Å². The quantitative estimate of drug-likeness (QED) is 0.749. The van der Waals surface area contributed by atoms with E-state index in [0.717, 1.165) is 11.1 Å². The predicted molar refractivity (Wildman–Crippen MR) is 101 cm³/mol. The number of ether oxygens (including phenoxy) is 2. The molecule has 0 saturated carbocycles. The van der Waals surface area contributed by atoms with Gasteiger partial charge in [0.2, 0.25) is 0 Å². The Balaban J connectivity index is 2.60. The molecule has 0 spiro atoms. The first-order chi connectivity index (χ1) is 11.8. The van der Waals surface area contributed by atoms with E-state index in [0.29, 0.717) is 12.8 Å². The summed E-state index contributed by atoms with van der Waals surface area (Å²) in [5, 5.41) is 0. The standard InChI is InChI=1S/C20H32N2O4/c1-19(2,3)25-17(23)15(21)11-13-7-9-14(10-8-13)12-16(22)18(24)26-20(4,5)6/h7-10,15-16H,11-12,21-22H2,1-6H3/t15-,16-/m0/s1. The van der Waals surface area contributed by atoms with Gasteiger partial charge in [0.15, 0.2) is 0 Å². The molecule has 146 valence electrons. The normalized spacial score (nSPS) is 14.5. The van der Waals surface area contributed by atoms with Gasteiger partial charge < -0.3 is 20.9 Å². The van der Waals surface area contributed by atoms with Gasteiger partial charge in [0, 0.05) is 0 Å². The van der Waals surface area contributed by atoms with E-state index in [1.54, 1.807) is 41.5 Å². The molecule has 6 nitrogen and oxygen atoms in total. The second kappa shape index (κ2) is 8.64. The van der Waals surface area contributed by atoms with Gasteiger partial charge in [0.05, 0.1) is 0 Å². The number of esters is 2. The van der Waals surface area contributed by atoms with Crippen LogP contribution in [0.5, 0.6) is 0 Å². The highest BCUT2D eigenvalue weighted by molar-refractivity contribution is 5.76. The lowest BCUT2D eigenvalue weighted by atomic mass is 10.0. The number of hydrogen-bond donors (Lipinski definition) is 2. The molecule has 0 saturated heterocycles. The number of carbonyl (C=O) groups is 2. The highest BCUT2D eigenvalue weighted by Crippen LogP contribution is 2.13. The van der Waals surface area contributed by atoms with Crippen LogP contribution in [0.15, 0.2) is 24.3 Å². The Morgan fingerprint density at radius 3 is 1.27 bits per heavy atom. The summed E-state index contributed by atoms with van der Waals surface area (Å²) >= 11 is 0. The maximum absolute atomic E-state index is 11.9.